The maximum atomic E-state index is 10.2. The summed E-state index contributed by atoms with van der Waals surface area (Å²) in [6.45, 7) is 0. The van der Waals surface area contributed by atoms with Crippen LogP contribution in [0.4, 0.5) is 0 Å². The number of hydrogen-bond donors (Lipinski definition) is 2. The Balaban J connectivity index is 0.000000155. The summed E-state index contributed by atoms with van der Waals surface area (Å²) < 4.78 is 2.28. The number of halogens is 2. The highest BCUT2D eigenvalue weighted by molar-refractivity contribution is 9.11. The maximum Gasteiger partial charge on any atom is 0.489 e. The Morgan fingerprint density at radius 2 is 0.357 bits per heavy atom. The van der Waals surface area contributed by atoms with Crippen LogP contribution in [0.3, 0.4) is 0 Å². The molecule has 0 heterocycles. The first kappa shape index (κ1) is 70.7. The van der Waals surface area contributed by atoms with Gasteiger partial charge in [0.15, 0.2) is 0 Å². The standard InChI is InChI=1S/C70H44.C30H21BO2.C10H6Br2/c1-3-17-51-43-53(39-33-45(51)15-1)47-29-35-49(36-30-47)67-57-21-7-11-25-61(57)69(62-26-12-8-22-58(62)67)65-41-42-66(56-20-6-5-19-55(56)65)70-63-27-13-9-23-59(63)68(60-24-10-14-28-64(60)70)50-37-31-48(32-38-50)54-40-34-46-16-2-4-18-52(46)44-54;32-31(33)30-27-11-5-3-9-25(27)29(26-10-4-6-12-28(26)30)22-16-13-21(14-17-22)24-18-15-20-7-1-2-8-23(20)19-24;11-9-5-6-10(12)8-4-2-1-3-7(8)9/h1-44H;1-19,32-33H;1-6H. The van der Waals surface area contributed by atoms with Crippen LogP contribution in [-0.4, -0.2) is 17.2 Å². The summed E-state index contributed by atoms with van der Waals surface area (Å²) >= 11 is 7.02. The third-order valence-corrected chi connectivity index (χ3v) is 24.5. The smallest absolute Gasteiger partial charge is 0.423 e. The van der Waals surface area contributed by atoms with Gasteiger partial charge in [-0.15, -0.1) is 0 Å². The van der Waals surface area contributed by atoms with Gasteiger partial charge < -0.3 is 10.0 Å². The van der Waals surface area contributed by atoms with Crippen molar-refractivity contribution in [3.63, 3.8) is 0 Å². The van der Waals surface area contributed by atoms with Gasteiger partial charge in [0.05, 0.1) is 0 Å². The van der Waals surface area contributed by atoms with Crippen molar-refractivity contribution < 1.29 is 10.0 Å². The number of benzene rings is 22. The summed E-state index contributed by atoms with van der Waals surface area (Å²) in [7, 11) is -1.54. The molecule has 0 aliphatic carbocycles. The molecule has 0 aliphatic rings. The summed E-state index contributed by atoms with van der Waals surface area (Å²) in [5, 5.41) is 46.6. The van der Waals surface area contributed by atoms with Crippen molar-refractivity contribution >= 4 is 163 Å². The summed E-state index contributed by atoms with van der Waals surface area (Å²) in [6.07, 6.45) is 0. The average molecular weight is 1600 g/mol. The van der Waals surface area contributed by atoms with Gasteiger partial charge in [0, 0.05) is 8.95 Å². The Hall–Kier alpha value is -13.4. The van der Waals surface area contributed by atoms with Crippen LogP contribution in [0.5, 0.6) is 0 Å². The highest BCUT2D eigenvalue weighted by Crippen LogP contribution is 2.51. The van der Waals surface area contributed by atoms with E-state index in [4.69, 9.17) is 0 Å². The lowest BCUT2D eigenvalue weighted by atomic mass is 9.72. The van der Waals surface area contributed by atoms with E-state index in [-0.39, 0.29) is 0 Å². The first-order valence-electron chi connectivity index (χ1n) is 39.0. The molecule has 540 valence electrons. The zero-order chi connectivity index (χ0) is 77.0. The molecule has 0 unspecified atom stereocenters. The number of rotatable bonds is 9. The summed E-state index contributed by atoms with van der Waals surface area (Å²) in [5.41, 5.74) is 20.0. The largest absolute Gasteiger partial charge is 0.489 e. The van der Waals surface area contributed by atoms with E-state index < -0.39 is 7.12 Å². The molecule has 22 aromatic carbocycles. The summed E-state index contributed by atoms with van der Waals surface area (Å²) in [6, 6.07) is 151. The predicted octanol–water partition coefficient (Wildman–Crippen LogP) is 30.3. The minimum atomic E-state index is -1.54. The van der Waals surface area contributed by atoms with Crippen molar-refractivity contribution in [1.29, 1.82) is 0 Å². The molecular weight excluding hydrogens is 1520 g/mol. The Kier molecular flexibility index (Phi) is 18.6. The van der Waals surface area contributed by atoms with Crippen LogP contribution < -0.4 is 5.46 Å². The van der Waals surface area contributed by atoms with Crippen molar-refractivity contribution in [3.05, 3.63) is 428 Å². The minimum Gasteiger partial charge on any atom is -0.423 e. The monoisotopic (exact) mass is 1590 g/mol. The molecule has 0 saturated heterocycles. The Morgan fingerprint density at radius 3 is 0.626 bits per heavy atom. The summed E-state index contributed by atoms with van der Waals surface area (Å²) in [5.74, 6) is 0. The fourth-order valence-electron chi connectivity index (χ4n) is 17.8. The highest BCUT2D eigenvalue weighted by Gasteiger charge is 2.25. The molecule has 0 spiro atoms. The third kappa shape index (κ3) is 13.0. The second kappa shape index (κ2) is 30.3. The Labute approximate surface area is 684 Å². The van der Waals surface area contributed by atoms with Crippen LogP contribution >= 0.6 is 31.9 Å². The van der Waals surface area contributed by atoms with E-state index in [1.807, 2.05) is 60.7 Å². The predicted molar refractivity (Wildman–Crippen MR) is 501 cm³/mol. The first-order chi connectivity index (χ1) is 56.7. The lowest BCUT2D eigenvalue weighted by Crippen LogP contribution is -2.31. The summed E-state index contributed by atoms with van der Waals surface area (Å²) in [4.78, 5) is 0. The van der Waals surface area contributed by atoms with Gasteiger partial charge in [-0.3, -0.25) is 0 Å². The molecule has 0 aromatic heterocycles. The normalized spacial score (nSPS) is 11.5. The number of hydrogen-bond acceptors (Lipinski definition) is 2. The van der Waals surface area contributed by atoms with E-state index in [1.165, 1.54) is 175 Å². The molecule has 5 heteroatoms. The first-order valence-corrected chi connectivity index (χ1v) is 40.6. The molecule has 115 heavy (non-hydrogen) atoms. The number of fused-ring (bicyclic) bond motifs is 11. The zero-order valence-corrected chi connectivity index (χ0v) is 65.7. The molecule has 0 saturated carbocycles. The van der Waals surface area contributed by atoms with Gasteiger partial charge in [-0.2, -0.15) is 0 Å². The molecule has 0 atom stereocenters. The van der Waals surface area contributed by atoms with E-state index in [1.54, 1.807) is 0 Å². The van der Waals surface area contributed by atoms with Crippen LogP contribution in [0.15, 0.2) is 428 Å². The highest BCUT2D eigenvalue weighted by atomic mass is 79.9. The molecule has 2 nitrogen and oxygen atoms in total. The fraction of sp³-hybridized carbons (Fsp3) is 0. The van der Waals surface area contributed by atoms with Crippen LogP contribution in [0.1, 0.15) is 0 Å². The molecule has 0 radical (unpaired) electrons. The van der Waals surface area contributed by atoms with E-state index >= 15 is 0 Å². The van der Waals surface area contributed by atoms with Gasteiger partial charge in [0.25, 0.3) is 0 Å². The maximum absolute atomic E-state index is 10.2. The van der Waals surface area contributed by atoms with E-state index in [0.29, 0.717) is 5.46 Å². The van der Waals surface area contributed by atoms with Gasteiger partial charge in [-0.05, 0) is 243 Å². The molecule has 2 N–H and O–H groups in total. The van der Waals surface area contributed by atoms with Crippen molar-refractivity contribution in [1.82, 2.24) is 0 Å². The molecule has 0 fully saturated rings. The van der Waals surface area contributed by atoms with Crippen molar-refractivity contribution in [2.45, 2.75) is 0 Å². The minimum absolute atomic E-state index is 0.553. The molecular formula is C110H71BBr2O2. The van der Waals surface area contributed by atoms with Gasteiger partial charge in [0.2, 0.25) is 0 Å². The van der Waals surface area contributed by atoms with Crippen LogP contribution in [0.25, 0.3) is 208 Å². The second-order valence-electron chi connectivity index (χ2n) is 29.6. The topological polar surface area (TPSA) is 40.5 Å². The van der Waals surface area contributed by atoms with E-state index in [0.717, 1.165) is 41.6 Å². The van der Waals surface area contributed by atoms with Crippen molar-refractivity contribution in [3.8, 4) is 89.0 Å². The van der Waals surface area contributed by atoms with Crippen LogP contribution in [0.2, 0.25) is 0 Å². The van der Waals surface area contributed by atoms with Crippen LogP contribution in [0, 0.1) is 0 Å². The third-order valence-electron chi connectivity index (χ3n) is 23.1. The SMILES string of the molecule is Brc1ccc(Br)c2ccccc12.OB(O)c1c2ccccc2c(-c2ccc(-c3ccc4ccccc4c3)cc2)c2ccccc12.c1ccc2cc(-c3ccc(-c4c5ccccc5c(-c5ccc(-c6c7ccccc7c(-c7ccc(-c8ccc9ccccc9c8)cc7)c7ccccc67)c6ccccc56)c5ccccc45)cc3)ccc2c1. The van der Waals surface area contributed by atoms with E-state index in [2.05, 4.69) is 390 Å². The van der Waals surface area contributed by atoms with Gasteiger partial charge in [-0.1, -0.05) is 420 Å². The van der Waals surface area contributed by atoms with Crippen molar-refractivity contribution in [2.24, 2.45) is 0 Å². The van der Waals surface area contributed by atoms with Crippen molar-refractivity contribution in [2.75, 3.05) is 0 Å². The average Bonchev–Trinajstić information content (AvgIpc) is 0.724. The molecule has 0 aliphatic heterocycles. The lowest BCUT2D eigenvalue weighted by Gasteiger charge is -2.21. The quantitative estimate of drug-likeness (QED) is 0.112. The second-order valence-corrected chi connectivity index (χ2v) is 31.3. The Morgan fingerprint density at radius 1 is 0.157 bits per heavy atom. The van der Waals surface area contributed by atoms with Gasteiger partial charge in [0.1, 0.15) is 0 Å². The fourth-order valence-corrected chi connectivity index (χ4v) is 18.7. The Bertz CT molecular complexity index is 7080. The van der Waals surface area contributed by atoms with E-state index in [9.17, 15) is 10.0 Å². The van der Waals surface area contributed by atoms with Crippen LogP contribution in [-0.2, 0) is 0 Å². The molecule has 22 rings (SSSR count). The molecule has 0 amide bonds. The lowest BCUT2D eigenvalue weighted by molar-refractivity contribution is 0.426. The zero-order valence-electron chi connectivity index (χ0n) is 62.6. The molecule has 0 bridgehead atoms. The van der Waals surface area contributed by atoms with Gasteiger partial charge >= 0.3 is 7.12 Å². The molecule has 22 aromatic rings. The van der Waals surface area contributed by atoms with Gasteiger partial charge in [-0.25, -0.2) is 0 Å².